The Balaban J connectivity index is 1.24. The summed E-state index contributed by atoms with van der Waals surface area (Å²) in [5, 5.41) is 3.88. The molecule has 1 saturated heterocycles. The van der Waals surface area contributed by atoms with Crippen LogP contribution in [-0.4, -0.2) is 36.6 Å². The Morgan fingerprint density at radius 3 is 2.61 bits per heavy atom. The van der Waals surface area contributed by atoms with E-state index in [1.165, 1.54) is 6.42 Å². The van der Waals surface area contributed by atoms with Crippen molar-refractivity contribution in [1.82, 2.24) is 4.57 Å². The number of carbonyl (C=O) groups is 1. The zero-order chi connectivity index (χ0) is 24.7. The first kappa shape index (κ1) is 23.2. The average molecular weight is 490 g/mol. The van der Waals surface area contributed by atoms with Crippen molar-refractivity contribution in [3.05, 3.63) is 42.5 Å². The van der Waals surface area contributed by atoms with Crippen LogP contribution in [0.4, 0.5) is 16.2 Å². The van der Waals surface area contributed by atoms with Crippen molar-refractivity contribution in [3.8, 4) is 17.0 Å². The van der Waals surface area contributed by atoms with E-state index in [-0.39, 0.29) is 11.5 Å². The molecule has 2 saturated carbocycles. The van der Waals surface area contributed by atoms with Crippen molar-refractivity contribution in [2.75, 3.05) is 30.9 Å². The van der Waals surface area contributed by atoms with Gasteiger partial charge in [-0.1, -0.05) is 19.1 Å². The van der Waals surface area contributed by atoms with Gasteiger partial charge in [0.25, 0.3) is 0 Å². The van der Waals surface area contributed by atoms with Gasteiger partial charge in [-0.3, -0.25) is 5.32 Å². The molecule has 3 aliphatic rings. The largest absolute Gasteiger partial charge is 0.491 e. The van der Waals surface area contributed by atoms with Gasteiger partial charge in [-0.2, -0.15) is 0 Å². The second-order valence-corrected chi connectivity index (χ2v) is 10.9. The van der Waals surface area contributed by atoms with Crippen LogP contribution in [0.3, 0.4) is 0 Å². The zero-order valence-corrected chi connectivity index (χ0v) is 20.9. The molecule has 36 heavy (non-hydrogen) atoms. The maximum absolute atomic E-state index is 12.2. The standard InChI is InChI=1S/C29H35N3O4/c1-29(13-14-29)18-36-28(33)31-20-9-7-19(8-10-20)27-26(30)24-12-11-22(35-17-23-6-3-15-34-23)16-25(24)32(27)21-4-2-5-21/h7-12,16,21,23H,2-6,13-15,17-18,30H2,1H3,(H,31,33). The molecule has 0 bridgehead atoms. The Kier molecular flexibility index (Phi) is 6.04. The third-order valence-electron chi connectivity index (χ3n) is 7.97. The summed E-state index contributed by atoms with van der Waals surface area (Å²) in [7, 11) is 0. The molecule has 1 unspecified atom stereocenters. The van der Waals surface area contributed by atoms with Gasteiger partial charge < -0.3 is 24.5 Å². The molecule has 0 spiro atoms. The average Bonchev–Trinajstić information content (AvgIpc) is 3.24. The number of nitrogens with zero attached hydrogens (tertiary/aromatic N) is 1. The number of benzene rings is 2. The molecule has 1 atom stereocenters. The maximum Gasteiger partial charge on any atom is 0.411 e. The van der Waals surface area contributed by atoms with Gasteiger partial charge in [0.2, 0.25) is 0 Å². The van der Waals surface area contributed by atoms with E-state index in [1.807, 2.05) is 30.3 Å². The first-order valence-electron chi connectivity index (χ1n) is 13.2. The minimum Gasteiger partial charge on any atom is -0.491 e. The SMILES string of the molecule is CC1(COC(=O)Nc2ccc(-c3c(N)c4ccc(OCC5CCCO5)cc4n3C3CCC3)cc2)CC1. The van der Waals surface area contributed by atoms with Gasteiger partial charge >= 0.3 is 6.09 Å². The predicted molar refractivity (Wildman–Crippen MR) is 141 cm³/mol. The van der Waals surface area contributed by atoms with Crippen LogP contribution in [-0.2, 0) is 9.47 Å². The molecule has 1 aromatic heterocycles. The molecule has 7 nitrogen and oxygen atoms in total. The van der Waals surface area contributed by atoms with E-state index in [0.717, 1.165) is 78.7 Å². The molecule has 2 heterocycles. The monoisotopic (exact) mass is 489 g/mol. The molecule has 7 heteroatoms. The maximum atomic E-state index is 12.2. The van der Waals surface area contributed by atoms with Crippen LogP contribution in [0.2, 0.25) is 0 Å². The van der Waals surface area contributed by atoms with Crippen LogP contribution < -0.4 is 15.8 Å². The highest BCUT2D eigenvalue weighted by molar-refractivity contribution is 6.01. The quantitative estimate of drug-likeness (QED) is 0.376. The third kappa shape index (κ3) is 4.64. The molecule has 1 amide bonds. The van der Waals surface area contributed by atoms with Gasteiger partial charge in [-0.25, -0.2) is 4.79 Å². The number of ether oxygens (including phenoxy) is 3. The molecule has 3 aromatic rings. The van der Waals surface area contributed by atoms with E-state index in [1.54, 1.807) is 0 Å². The molecule has 6 rings (SSSR count). The van der Waals surface area contributed by atoms with Crippen molar-refractivity contribution in [1.29, 1.82) is 0 Å². The summed E-state index contributed by atoms with van der Waals surface area (Å²) in [6, 6.07) is 14.5. The fraction of sp³-hybridized carbons (Fsp3) is 0.483. The smallest absolute Gasteiger partial charge is 0.411 e. The summed E-state index contributed by atoms with van der Waals surface area (Å²) in [6.07, 6.45) is 7.68. The Hall–Kier alpha value is -3.19. The number of anilines is 2. The molecule has 1 aliphatic heterocycles. The number of nitrogens with one attached hydrogen (secondary N) is 1. The van der Waals surface area contributed by atoms with Crippen molar-refractivity contribution in [2.45, 2.75) is 64.0 Å². The molecule has 3 N–H and O–H groups in total. The summed E-state index contributed by atoms with van der Waals surface area (Å²) >= 11 is 0. The molecular weight excluding hydrogens is 454 g/mol. The van der Waals surface area contributed by atoms with Crippen LogP contribution >= 0.6 is 0 Å². The fourth-order valence-corrected chi connectivity index (χ4v) is 5.15. The van der Waals surface area contributed by atoms with Crippen LogP contribution in [0, 0.1) is 5.41 Å². The normalized spacial score (nSPS) is 20.8. The van der Waals surface area contributed by atoms with Gasteiger partial charge in [-0.15, -0.1) is 0 Å². The Labute approximate surface area is 211 Å². The minimum absolute atomic E-state index is 0.169. The van der Waals surface area contributed by atoms with Crippen molar-refractivity contribution < 1.29 is 19.0 Å². The number of hydrogen-bond acceptors (Lipinski definition) is 5. The third-order valence-corrected chi connectivity index (χ3v) is 7.97. The lowest BCUT2D eigenvalue weighted by atomic mass is 9.92. The molecule has 2 aliphatic carbocycles. The summed E-state index contributed by atoms with van der Waals surface area (Å²) in [5.74, 6) is 0.848. The Morgan fingerprint density at radius 2 is 1.94 bits per heavy atom. The second kappa shape index (κ2) is 9.36. The summed E-state index contributed by atoms with van der Waals surface area (Å²) in [5.41, 5.74) is 11.6. The number of nitrogen functional groups attached to an aromatic ring is 1. The molecule has 3 fully saturated rings. The highest BCUT2D eigenvalue weighted by atomic mass is 16.5. The number of carbonyl (C=O) groups excluding carboxylic acids is 1. The highest BCUT2D eigenvalue weighted by Crippen LogP contribution is 2.46. The topological polar surface area (TPSA) is 87.7 Å². The highest BCUT2D eigenvalue weighted by Gasteiger charge is 2.38. The van der Waals surface area contributed by atoms with Crippen LogP contribution in [0.15, 0.2) is 42.5 Å². The predicted octanol–water partition coefficient (Wildman–Crippen LogP) is 6.52. The minimum atomic E-state index is -0.408. The van der Waals surface area contributed by atoms with E-state index in [9.17, 15) is 4.79 Å². The van der Waals surface area contributed by atoms with Crippen LogP contribution in [0.5, 0.6) is 5.75 Å². The van der Waals surface area contributed by atoms with Crippen molar-refractivity contribution in [2.24, 2.45) is 5.41 Å². The lowest BCUT2D eigenvalue weighted by Gasteiger charge is -2.30. The van der Waals surface area contributed by atoms with E-state index in [2.05, 4.69) is 28.9 Å². The number of fused-ring (bicyclic) bond motifs is 1. The van der Waals surface area contributed by atoms with E-state index in [0.29, 0.717) is 24.9 Å². The summed E-state index contributed by atoms with van der Waals surface area (Å²) in [4.78, 5) is 12.2. The number of hydrogen-bond donors (Lipinski definition) is 2. The van der Waals surface area contributed by atoms with Crippen LogP contribution in [0.1, 0.15) is 57.9 Å². The summed E-state index contributed by atoms with van der Waals surface area (Å²) in [6.45, 7) is 4.01. The Morgan fingerprint density at radius 1 is 1.14 bits per heavy atom. The lowest BCUT2D eigenvalue weighted by Crippen LogP contribution is -2.18. The van der Waals surface area contributed by atoms with Gasteiger partial charge in [0.15, 0.2) is 0 Å². The molecule has 0 radical (unpaired) electrons. The molecular formula is C29H35N3O4. The second-order valence-electron chi connectivity index (χ2n) is 10.9. The van der Waals surface area contributed by atoms with E-state index in [4.69, 9.17) is 19.9 Å². The van der Waals surface area contributed by atoms with Gasteiger partial charge in [0.05, 0.1) is 29.6 Å². The van der Waals surface area contributed by atoms with Gasteiger partial charge in [0.1, 0.15) is 12.4 Å². The number of amides is 1. The van der Waals surface area contributed by atoms with Gasteiger partial charge in [0, 0.05) is 40.8 Å². The fourth-order valence-electron chi connectivity index (χ4n) is 5.15. The number of aromatic nitrogens is 1. The summed E-state index contributed by atoms with van der Waals surface area (Å²) < 4.78 is 19.6. The first-order chi connectivity index (χ1) is 17.5. The van der Waals surface area contributed by atoms with E-state index >= 15 is 0 Å². The van der Waals surface area contributed by atoms with Crippen LogP contribution in [0.25, 0.3) is 22.2 Å². The Bertz CT molecular complexity index is 1250. The first-order valence-corrected chi connectivity index (χ1v) is 13.2. The van der Waals surface area contributed by atoms with E-state index < -0.39 is 6.09 Å². The number of rotatable bonds is 8. The molecule has 2 aromatic carbocycles. The molecule has 190 valence electrons. The lowest BCUT2D eigenvalue weighted by molar-refractivity contribution is 0.0680. The van der Waals surface area contributed by atoms with Crippen molar-refractivity contribution >= 4 is 28.4 Å². The van der Waals surface area contributed by atoms with Gasteiger partial charge in [-0.05, 0) is 69.2 Å². The zero-order valence-electron chi connectivity index (χ0n) is 20.9. The van der Waals surface area contributed by atoms with Crippen molar-refractivity contribution in [3.63, 3.8) is 0 Å². The number of nitrogens with two attached hydrogens (primary N) is 1.